The summed E-state index contributed by atoms with van der Waals surface area (Å²) in [4.78, 5) is 3.98. The first-order chi connectivity index (χ1) is 5.77. The molecular formula is C7H8N4S. The molecule has 1 atom stereocenters. The fourth-order valence-corrected chi connectivity index (χ4v) is 1.09. The molecular weight excluding hydrogens is 172 g/mol. The Morgan fingerprint density at radius 3 is 3.08 bits per heavy atom. The lowest BCUT2D eigenvalue weighted by Gasteiger charge is -2.01. The van der Waals surface area contributed by atoms with Gasteiger partial charge in [-0.15, -0.1) is 9.73 Å². The van der Waals surface area contributed by atoms with Gasteiger partial charge >= 0.3 is 0 Å². The molecule has 0 aliphatic rings. The first-order valence-electron chi connectivity index (χ1n) is 3.62. The third-order valence-electron chi connectivity index (χ3n) is 1.60. The highest BCUT2D eigenvalue weighted by Gasteiger charge is 2.03. The molecule has 0 aliphatic carbocycles. The predicted molar refractivity (Wildman–Crippen MR) is 48.2 cm³/mol. The molecule has 0 aromatic carbocycles. The summed E-state index contributed by atoms with van der Waals surface area (Å²) in [5.74, 6) is 0. The van der Waals surface area contributed by atoms with Gasteiger partial charge in [-0.3, -0.25) is 0 Å². The van der Waals surface area contributed by atoms with Gasteiger partial charge in [0.25, 0.3) is 0 Å². The van der Waals surface area contributed by atoms with Crippen LogP contribution in [0.4, 0.5) is 0 Å². The van der Waals surface area contributed by atoms with E-state index in [2.05, 4.69) is 27.8 Å². The molecule has 2 aromatic rings. The van der Waals surface area contributed by atoms with Crippen molar-refractivity contribution in [2.45, 2.75) is 12.2 Å². The Morgan fingerprint density at radius 2 is 2.33 bits per heavy atom. The van der Waals surface area contributed by atoms with Crippen LogP contribution in [0.5, 0.6) is 0 Å². The summed E-state index contributed by atoms with van der Waals surface area (Å²) in [6.07, 6.45) is 1.48. The maximum Gasteiger partial charge on any atom is 0.176 e. The summed E-state index contributed by atoms with van der Waals surface area (Å²) < 4.78 is 1.50. The van der Waals surface area contributed by atoms with E-state index in [1.54, 1.807) is 0 Å². The highest BCUT2D eigenvalue weighted by Crippen LogP contribution is 2.15. The lowest BCUT2D eigenvalue weighted by molar-refractivity contribution is 0.760. The molecule has 0 saturated heterocycles. The molecule has 0 fully saturated rings. The number of thiol groups is 1. The summed E-state index contributed by atoms with van der Waals surface area (Å²) >= 11 is 4.27. The van der Waals surface area contributed by atoms with Crippen molar-refractivity contribution in [2.24, 2.45) is 0 Å². The second kappa shape index (κ2) is 2.75. The van der Waals surface area contributed by atoms with Crippen LogP contribution in [0.2, 0.25) is 0 Å². The zero-order valence-corrected chi connectivity index (χ0v) is 7.44. The summed E-state index contributed by atoms with van der Waals surface area (Å²) in [5, 5.41) is 8.25. The maximum atomic E-state index is 4.27. The van der Waals surface area contributed by atoms with E-state index in [0.717, 1.165) is 11.3 Å². The molecule has 0 amide bonds. The van der Waals surface area contributed by atoms with Gasteiger partial charge in [0.15, 0.2) is 5.65 Å². The molecule has 0 N–H and O–H groups in total. The molecule has 4 nitrogen and oxygen atoms in total. The lowest BCUT2D eigenvalue weighted by Crippen LogP contribution is -1.99. The zero-order valence-electron chi connectivity index (χ0n) is 6.55. The highest BCUT2D eigenvalue weighted by molar-refractivity contribution is 7.80. The van der Waals surface area contributed by atoms with Crippen molar-refractivity contribution in [3.8, 4) is 0 Å². The average Bonchev–Trinajstić information content (AvgIpc) is 2.49. The van der Waals surface area contributed by atoms with E-state index in [0.29, 0.717) is 0 Å². The van der Waals surface area contributed by atoms with Crippen LogP contribution in [0.1, 0.15) is 17.9 Å². The summed E-state index contributed by atoms with van der Waals surface area (Å²) in [7, 11) is 0. The Kier molecular flexibility index (Phi) is 1.73. The molecule has 0 saturated carbocycles. The third-order valence-corrected chi connectivity index (χ3v) is 1.86. The molecule has 12 heavy (non-hydrogen) atoms. The molecule has 2 rings (SSSR count). The van der Waals surface area contributed by atoms with Crippen molar-refractivity contribution in [3.63, 3.8) is 0 Å². The van der Waals surface area contributed by atoms with Gasteiger partial charge in [-0.1, -0.05) is 0 Å². The largest absolute Gasteiger partial charge is 0.213 e. The highest BCUT2D eigenvalue weighted by atomic mass is 32.1. The second-order valence-electron chi connectivity index (χ2n) is 2.54. The van der Waals surface area contributed by atoms with Crippen LogP contribution in [0, 0.1) is 0 Å². The lowest BCUT2D eigenvalue weighted by atomic mass is 10.3. The standard InChI is InChI=1S/C7H8N4S/c1-5(12)6-2-3-7-8-4-9-11(7)10-6/h2-5,12H,1H3. The van der Waals surface area contributed by atoms with Crippen LogP contribution in [0.3, 0.4) is 0 Å². The van der Waals surface area contributed by atoms with Gasteiger partial charge in [-0.2, -0.15) is 17.7 Å². The Morgan fingerprint density at radius 1 is 1.50 bits per heavy atom. The van der Waals surface area contributed by atoms with Gasteiger partial charge in [0.05, 0.1) is 5.69 Å². The van der Waals surface area contributed by atoms with Crippen molar-refractivity contribution < 1.29 is 0 Å². The second-order valence-corrected chi connectivity index (χ2v) is 3.32. The smallest absolute Gasteiger partial charge is 0.176 e. The van der Waals surface area contributed by atoms with E-state index >= 15 is 0 Å². The zero-order chi connectivity index (χ0) is 8.55. The van der Waals surface area contributed by atoms with Crippen molar-refractivity contribution in [2.75, 3.05) is 0 Å². The molecule has 0 radical (unpaired) electrons. The van der Waals surface area contributed by atoms with Crippen molar-refractivity contribution in [1.82, 2.24) is 19.8 Å². The van der Waals surface area contributed by atoms with E-state index < -0.39 is 0 Å². The van der Waals surface area contributed by atoms with Crippen LogP contribution in [0.15, 0.2) is 18.5 Å². The van der Waals surface area contributed by atoms with E-state index in [1.807, 2.05) is 19.1 Å². The van der Waals surface area contributed by atoms with Gasteiger partial charge in [0, 0.05) is 5.25 Å². The average molecular weight is 180 g/mol. The molecule has 1 unspecified atom stereocenters. The fraction of sp³-hybridized carbons (Fsp3) is 0.286. The Hall–Kier alpha value is -1.10. The summed E-state index contributed by atoms with van der Waals surface area (Å²) in [6, 6.07) is 3.78. The molecule has 0 aliphatic heterocycles. The number of hydrogen-bond acceptors (Lipinski definition) is 4. The fourth-order valence-electron chi connectivity index (χ4n) is 0.957. The van der Waals surface area contributed by atoms with Crippen molar-refractivity contribution in [1.29, 1.82) is 0 Å². The van der Waals surface area contributed by atoms with E-state index in [4.69, 9.17) is 0 Å². The molecule has 5 heteroatoms. The maximum absolute atomic E-state index is 4.27. The minimum Gasteiger partial charge on any atom is -0.213 e. The van der Waals surface area contributed by atoms with Crippen molar-refractivity contribution in [3.05, 3.63) is 24.2 Å². The molecule has 2 aromatic heterocycles. The minimum absolute atomic E-state index is 0.124. The summed E-state index contributed by atoms with van der Waals surface area (Å²) in [5.41, 5.74) is 1.66. The minimum atomic E-state index is 0.124. The Bertz CT molecular complexity index is 395. The van der Waals surface area contributed by atoms with Gasteiger partial charge in [0.2, 0.25) is 0 Å². The third kappa shape index (κ3) is 1.16. The van der Waals surface area contributed by atoms with Gasteiger partial charge in [-0.25, -0.2) is 4.98 Å². The molecule has 0 spiro atoms. The Balaban J connectivity index is 2.60. The van der Waals surface area contributed by atoms with Gasteiger partial charge in [0.1, 0.15) is 6.33 Å². The SMILES string of the molecule is CC(S)c1ccc2ncnn2n1. The number of hydrogen-bond donors (Lipinski definition) is 1. The molecule has 0 bridgehead atoms. The Labute approximate surface area is 75.0 Å². The van der Waals surface area contributed by atoms with Crippen molar-refractivity contribution >= 4 is 18.3 Å². The quantitative estimate of drug-likeness (QED) is 0.669. The van der Waals surface area contributed by atoms with E-state index in [-0.39, 0.29) is 5.25 Å². The van der Waals surface area contributed by atoms with E-state index in [9.17, 15) is 0 Å². The number of rotatable bonds is 1. The first-order valence-corrected chi connectivity index (χ1v) is 4.14. The number of nitrogens with zero attached hydrogens (tertiary/aromatic N) is 4. The molecule has 62 valence electrons. The topological polar surface area (TPSA) is 43.1 Å². The predicted octanol–water partition coefficient (Wildman–Crippen LogP) is 1.12. The first kappa shape index (κ1) is 7.54. The summed E-state index contributed by atoms with van der Waals surface area (Å²) in [6.45, 7) is 1.97. The van der Waals surface area contributed by atoms with Crippen LogP contribution < -0.4 is 0 Å². The van der Waals surface area contributed by atoms with Crippen LogP contribution in [-0.4, -0.2) is 19.8 Å². The number of aromatic nitrogens is 4. The normalized spacial score (nSPS) is 13.5. The monoisotopic (exact) mass is 180 g/mol. The van der Waals surface area contributed by atoms with E-state index in [1.165, 1.54) is 11.0 Å². The van der Waals surface area contributed by atoms with Crippen LogP contribution >= 0.6 is 12.6 Å². The van der Waals surface area contributed by atoms with Crippen LogP contribution in [-0.2, 0) is 0 Å². The van der Waals surface area contributed by atoms with Gasteiger partial charge in [-0.05, 0) is 19.1 Å². The molecule has 2 heterocycles. The van der Waals surface area contributed by atoms with Crippen LogP contribution in [0.25, 0.3) is 5.65 Å². The number of fused-ring (bicyclic) bond motifs is 1. The van der Waals surface area contributed by atoms with Gasteiger partial charge < -0.3 is 0 Å².